The smallest absolute Gasteiger partial charge is 0.151 e. The fourth-order valence-electron chi connectivity index (χ4n) is 0.607. The Morgan fingerprint density at radius 1 is 1.67 bits per heavy atom. The van der Waals surface area contributed by atoms with E-state index >= 15 is 0 Å². The van der Waals surface area contributed by atoms with Gasteiger partial charge in [-0.05, 0) is 31.3 Å². The molecule has 0 spiro atoms. The number of aliphatic imine (C=N–C) groups is 1. The van der Waals surface area contributed by atoms with E-state index in [1.165, 1.54) is 0 Å². The topological polar surface area (TPSA) is 25.2 Å². The maximum absolute atomic E-state index is 3.93. The van der Waals surface area contributed by atoms with Crippen LogP contribution in [-0.2, 0) is 0 Å². The highest BCUT2D eigenvalue weighted by Gasteiger charge is 1.85. The van der Waals surface area contributed by atoms with Crippen LogP contribution in [-0.4, -0.2) is 11.7 Å². The van der Waals surface area contributed by atoms with Crippen molar-refractivity contribution in [2.75, 3.05) is 0 Å². The summed E-state index contributed by atoms with van der Waals surface area (Å²) in [5.41, 5.74) is 1.16. The van der Waals surface area contributed by atoms with Crippen LogP contribution in [0.3, 0.4) is 0 Å². The van der Waals surface area contributed by atoms with Crippen LogP contribution in [0, 0.1) is 6.92 Å². The van der Waals surface area contributed by atoms with Gasteiger partial charge >= 0.3 is 0 Å². The van der Waals surface area contributed by atoms with Crippen molar-refractivity contribution in [3.8, 4) is 0 Å². The molecule has 0 radical (unpaired) electrons. The van der Waals surface area contributed by atoms with E-state index in [0.717, 1.165) is 5.56 Å². The van der Waals surface area contributed by atoms with Crippen molar-refractivity contribution in [3.63, 3.8) is 0 Å². The summed E-state index contributed by atoms with van der Waals surface area (Å²) < 4.78 is 0. The first kappa shape index (κ1) is 5.95. The van der Waals surface area contributed by atoms with Crippen LogP contribution >= 0.6 is 0 Å². The van der Waals surface area contributed by atoms with Gasteiger partial charge in [0.15, 0.2) is 5.82 Å². The van der Waals surface area contributed by atoms with Crippen molar-refractivity contribution >= 4 is 12.5 Å². The van der Waals surface area contributed by atoms with Crippen molar-refractivity contribution in [2.45, 2.75) is 6.92 Å². The molecule has 0 N–H and O–H groups in total. The molecule has 2 heteroatoms. The lowest BCUT2D eigenvalue weighted by Crippen LogP contribution is -1.73. The molecule has 2 nitrogen and oxygen atoms in total. The van der Waals surface area contributed by atoms with E-state index in [-0.39, 0.29) is 0 Å². The zero-order chi connectivity index (χ0) is 6.69. The number of pyridine rings is 1. The molecule has 0 bridgehead atoms. The fraction of sp³-hybridized carbons (Fsp3) is 0.143. The van der Waals surface area contributed by atoms with Crippen LogP contribution in [0.4, 0.5) is 5.82 Å². The van der Waals surface area contributed by atoms with Gasteiger partial charge in [-0.15, -0.1) is 0 Å². The summed E-state index contributed by atoms with van der Waals surface area (Å²) in [6, 6.07) is 3.81. The summed E-state index contributed by atoms with van der Waals surface area (Å²) in [5, 5.41) is 0. The van der Waals surface area contributed by atoms with Gasteiger partial charge in [0.25, 0.3) is 0 Å². The Hall–Kier alpha value is -1.18. The van der Waals surface area contributed by atoms with E-state index in [1.54, 1.807) is 6.20 Å². The molecule has 0 saturated heterocycles. The number of aryl methyl sites for hydroxylation is 1. The molecule has 0 fully saturated rings. The van der Waals surface area contributed by atoms with E-state index < -0.39 is 0 Å². The Balaban J connectivity index is 3.07. The van der Waals surface area contributed by atoms with Crippen LogP contribution < -0.4 is 0 Å². The number of hydrogen-bond donors (Lipinski definition) is 0. The van der Waals surface area contributed by atoms with E-state index in [0.29, 0.717) is 5.82 Å². The number of nitrogens with zero attached hydrogens (tertiary/aromatic N) is 2. The summed E-state index contributed by atoms with van der Waals surface area (Å²) >= 11 is 0. The average molecular weight is 120 g/mol. The highest BCUT2D eigenvalue weighted by Crippen LogP contribution is 2.06. The first-order valence-electron chi connectivity index (χ1n) is 2.72. The molecule has 1 rings (SSSR count). The first-order valence-corrected chi connectivity index (χ1v) is 2.72. The van der Waals surface area contributed by atoms with Gasteiger partial charge in [-0.25, -0.2) is 9.98 Å². The second-order valence-corrected chi connectivity index (χ2v) is 1.85. The van der Waals surface area contributed by atoms with Gasteiger partial charge in [0.05, 0.1) is 0 Å². The molecule has 1 heterocycles. The monoisotopic (exact) mass is 120 g/mol. The minimum absolute atomic E-state index is 0.690. The molecule has 46 valence electrons. The Morgan fingerprint density at radius 2 is 2.44 bits per heavy atom. The molecule has 1 aromatic heterocycles. The average Bonchev–Trinajstić information content (AvgIpc) is 1.88. The Labute approximate surface area is 54.3 Å². The van der Waals surface area contributed by atoms with E-state index in [9.17, 15) is 0 Å². The van der Waals surface area contributed by atoms with Crippen LogP contribution in [0.1, 0.15) is 5.56 Å². The molecular formula is C7H8N2. The highest BCUT2D eigenvalue weighted by molar-refractivity contribution is 5.40. The predicted octanol–water partition coefficient (Wildman–Crippen LogP) is 1.72. The van der Waals surface area contributed by atoms with Crippen LogP contribution in [0.5, 0.6) is 0 Å². The number of hydrogen-bond acceptors (Lipinski definition) is 2. The van der Waals surface area contributed by atoms with Crippen molar-refractivity contribution in [3.05, 3.63) is 23.9 Å². The predicted molar refractivity (Wildman–Crippen MR) is 38.2 cm³/mol. The lowest BCUT2D eigenvalue weighted by atomic mass is 10.3. The van der Waals surface area contributed by atoms with Crippen molar-refractivity contribution < 1.29 is 0 Å². The zero-order valence-corrected chi connectivity index (χ0v) is 5.33. The third-order valence-electron chi connectivity index (χ3n) is 1.06. The van der Waals surface area contributed by atoms with Crippen LogP contribution in [0.15, 0.2) is 23.3 Å². The van der Waals surface area contributed by atoms with Crippen LogP contribution in [0.2, 0.25) is 0 Å². The molecule has 0 saturated carbocycles. The molecule has 9 heavy (non-hydrogen) atoms. The second-order valence-electron chi connectivity index (χ2n) is 1.85. The molecule has 0 aliphatic carbocycles. The summed E-state index contributed by atoms with van der Waals surface area (Å²) in [4.78, 5) is 7.60. The molecule has 0 unspecified atom stereocenters. The minimum atomic E-state index is 0.690. The SMILES string of the molecule is C=Nc1cc(C)ccn1. The Bertz CT molecular complexity index is 218. The molecule has 0 aliphatic heterocycles. The summed E-state index contributed by atoms with van der Waals surface area (Å²) in [6.45, 7) is 5.36. The van der Waals surface area contributed by atoms with Gasteiger partial charge in [-0.1, -0.05) is 0 Å². The van der Waals surface area contributed by atoms with Gasteiger partial charge < -0.3 is 0 Å². The van der Waals surface area contributed by atoms with Gasteiger partial charge in [0, 0.05) is 6.20 Å². The zero-order valence-electron chi connectivity index (χ0n) is 5.33. The molecule has 0 aliphatic rings. The summed E-state index contributed by atoms with van der Waals surface area (Å²) in [5.74, 6) is 0.690. The third kappa shape index (κ3) is 1.35. The van der Waals surface area contributed by atoms with Crippen molar-refractivity contribution in [1.82, 2.24) is 4.98 Å². The number of aromatic nitrogens is 1. The molecule has 1 aromatic rings. The Kier molecular flexibility index (Phi) is 1.58. The standard InChI is InChI=1S/C7H8N2/c1-6-3-4-9-7(5-6)8-2/h3-5H,2H2,1H3. The largest absolute Gasteiger partial charge is 0.245 e. The summed E-state index contributed by atoms with van der Waals surface area (Å²) in [7, 11) is 0. The first-order chi connectivity index (χ1) is 4.33. The lowest BCUT2D eigenvalue weighted by molar-refractivity contribution is 1.25. The maximum atomic E-state index is 3.93. The second kappa shape index (κ2) is 2.40. The summed E-state index contributed by atoms with van der Waals surface area (Å²) in [6.07, 6.45) is 1.72. The highest BCUT2D eigenvalue weighted by atomic mass is 14.9. The molecule has 0 amide bonds. The number of rotatable bonds is 1. The van der Waals surface area contributed by atoms with Crippen molar-refractivity contribution in [1.29, 1.82) is 0 Å². The van der Waals surface area contributed by atoms with Gasteiger partial charge in [0.1, 0.15) is 0 Å². The van der Waals surface area contributed by atoms with E-state index in [1.807, 2.05) is 19.1 Å². The molecule has 0 aromatic carbocycles. The lowest BCUT2D eigenvalue weighted by Gasteiger charge is -1.90. The van der Waals surface area contributed by atoms with Crippen LogP contribution in [0.25, 0.3) is 0 Å². The normalized spacial score (nSPS) is 9.00. The van der Waals surface area contributed by atoms with Gasteiger partial charge in [-0.3, -0.25) is 0 Å². The van der Waals surface area contributed by atoms with E-state index in [2.05, 4.69) is 16.7 Å². The minimum Gasteiger partial charge on any atom is -0.245 e. The Morgan fingerprint density at radius 3 is 2.89 bits per heavy atom. The van der Waals surface area contributed by atoms with Gasteiger partial charge in [0.2, 0.25) is 0 Å². The maximum Gasteiger partial charge on any atom is 0.151 e. The molecule has 0 atom stereocenters. The van der Waals surface area contributed by atoms with Gasteiger partial charge in [-0.2, -0.15) is 0 Å². The quantitative estimate of drug-likeness (QED) is 0.518. The third-order valence-corrected chi connectivity index (χ3v) is 1.06. The van der Waals surface area contributed by atoms with E-state index in [4.69, 9.17) is 0 Å². The molecular weight excluding hydrogens is 112 g/mol. The fourth-order valence-corrected chi connectivity index (χ4v) is 0.607. The van der Waals surface area contributed by atoms with Crippen molar-refractivity contribution in [2.24, 2.45) is 4.99 Å².